The minimum Gasteiger partial charge on any atom is -0.444 e. The quantitative estimate of drug-likeness (QED) is 0.727. The summed E-state index contributed by atoms with van der Waals surface area (Å²) in [7, 11) is 0. The van der Waals surface area contributed by atoms with E-state index in [4.69, 9.17) is 16.3 Å². The average Bonchev–Trinajstić information content (AvgIpc) is 2.85. The van der Waals surface area contributed by atoms with E-state index >= 15 is 0 Å². The number of carbonyl (C=O) groups excluding carboxylic acids is 2. The van der Waals surface area contributed by atoms with Crippen LogP contribution in [0.2, 0.25) is 5.15 Å². The highest BCUT2D eigenvalue weighted by Gasteiger charge is 2.40. The van der Waals surface area contributed by atoms with E-state index in [2.05, 4.69) is 10.3 Å². The molecule has 1 N–H and O–H groups in total. The lowest BCUT2D eigenvalue weighted by atomic mass is 10.0. The predicted octanol–water partition coefficient (Wildman–Crippen LogP) is 4.19. The molecule has 2 rings (SSSR count). The zero-order valence-electron chi connectivity index (χ0n) is 16.3. The van der Waals surface area contributed by atoms with Gasteiger partial charge in [-0.1, -0.05) is 11.6 Å². The Morgan fingerprint density at radius 1 is 1.32 bits per heavy atom. The van der Waals surface area contributed by atoms with E-state index in [0.717, 1.165) is 6.07 Å². The van der Waals surface area contributed by atoms with Gasteiger partial charge in [0, 0.05) is 13.1 Å². The van der Waals surface area contributed by atoms with Crippen LogP contribution < -0.4 is 5.32 Å². The fourth-order valence-corrected chi connectivity index (χ4v) is 3.30. The van der Waals surface area contributed by atoms with Gasteiger partial charge in [0.1, 0.15) is 16.4 Å². The number of pyridine rings is 1. The topological polar surface area (TPSA) is 71.5 Å². The van der Waals surface area contributed by atoms with E-state index in [1.54, 1.807) is 27.7 Å². The van der Waals surface area contributed by atoms with Gasteiger partial charge in [0.25, 0.3) is 5.91 Å². The molecule has 1 saturated heterocycles. The molecule has 1 aromatic rings. The lowest BCUT2D eigenvalue weighted by molar-refractivity contribution is -0.141. The molecule has 0 aliphatic carbocycles. The normalized spacial score (nSPS) is 20.2. The number of nitrogens with one attached hydrogen (secondary N) is 1. The first-order valence-corrected chi connectivity index (χ1v) is 9.04. The summed E-state index contributed by atoms with van der Waals surface area (Å²) in [5, 5.41) is 2.26. The third kappa shape index (κ3) is 5.27. The van der Waals surface area contributed by atoms with Crippen LogP contribution in [0.5, 0.6) is 0 Å². The van der Waals surface area contributed by atoms with E-state index in [0.29, 0.717) is 13.0 Å². The number of ether oxygens (including phenoxy) is 1. The molecule has 6 nitrogen and oxygen atoms in total. The molecule has 1 aromatic heterocycles. The monoisotopic (exact) mass is 421 g/mol. The fourth-order valence-electron chi connectivity index (χ4n) is 2.98. The van der Waals surface area contributed by atoms with Crippen molar-refractivity contribution >= 4 is 23.6 Å². The molecule has 0 aromatic carbocycles. The van der Waals surface area contributed by atoms with Crippen molar-refractivity contribution in [3.8, 4) is 0 Å². The smallest absolute Gasteiger partial charge is 0.433 e. The fraction of sp³-hybridized carbons (Fsp3) is 0.611. The van der Waals surface area contributed by atoms with Gasteiger partial charge < -0.3 is 15.0 Å². The summed E-state index contributed by atoms with van der Waals surface area (Å²) < 4.78 is 43.8. The molecular weight excluding hydrogens is 399 g/mol. The SMILES string of the molecule is Cc1cc(C(F)(F)F)nc(Cl)c1C(=O)N1CCC(C)(NC(=O)OC(C)(C)C)C1. The number of hydrogen-bond donors (Lipinski definition) is 1. The minimum atomic E-state index is -4.65. The van der Waals surface area contributed by atoms with Crippen LogP contribution in [0.25, 0.3) is 0 Å². The third-order valence-corrected chi connectivity index (χ3v) is 4.51. The van der Waals surface area contributed by atoms with E-state index in [9.17, 15) is 22.8 Å². The second kappa shape index (κ2) is 7.42. The van der Waals surface area contributed by atoms with E-state index in [-0.39, 0.29) is 17.7 Å². The van der Waals surface area contributed by atoms with Gasteiger partial charge in [-0.25, -0.2) is 9.78 Å². The Bertz CT molecular complexity index is 770. The molecule has 2 amide bonds. The van der Waals surface area contributed by atoms with Crippen LogP contribution in [0.15, 0.2) is 6.07 Å². The molecule has 1 aliphatic rings. The van der Waals surface area contributed by atoms with Crippen LogP contribution in [-0.4, -0.2) is 46.1 Å². The minimum absolute atomic E-state index is 0.0730. The van der Waals surface area contributed by atoms with Crippen LogP contribution in [0.4, 0.5) is 18.0 Å². The molecule has 10 heteroatoms. The van der Waals surface area contributed by atoms with Gasteiger partial charge in [0.15, 0.2) is 0 Å². The molecule has 2 heterocycles. The number of halogens is 4. The van der Waals surface area contributed by atoms with Gasteiger partial charge >= 0.3 is 12.3 Å². The molecule has 1 aliphatic heterocycles. The molecule has 0 spiro atoms. The zero-order valence-corrected chi connectivity index (χ0v) is 17.1. The largest absolute Gasteiger partial charge is 0.444 e. The zero-order chi connectivity index (χ0) is 21.5. The Labute approximate surface area is 166 Å². The summed E-state index contributed by atoms with van der Waals surface area (Å²) in [6.07, 6.45) is -4.79. The van der Waals surface area contributed by atoms with Crippen LogP contribution >= 0.6 is 11.6 Å². The Morgan fingerprint density at radius 2 is 1.93 bits per heavy atom. The highest BCUT2D eigenvalue weighted by atomic mass is 35.5. The molecular formula is C18H23ClF3N3O3. The molecule has 1 fully saturated rings. The molecule has 1 atom stereocenters. The number of hydrogen-bond acceptors (Lipinski definition) is 4. The maximum atomic E-state index is 12.9. The molecule has 0 radical (unpaired) electrons. The summed E-state index contributed by atoms with van der Waals surface area (Å²) in [6.45, 7) is 8.84. The Kier molecular flexibility index (Phi) is 5.90. The number of likely N-dealkylation sites (tertiary alicyclic amines) is 1. The number of alkyl carbamates (subject to hydrolysis) is 1. The number of aromatic nitrogens is 1. The van der Waals surface area contributed by atoms with Gasteiger partial charge in [0.2, 0.25) is 0 Å². The summed E-state index contributed by atoms with van der Waals surface area (Å²) >= 11 is 5.89. The van der Waals surface area contributed by atoms with Crippen LogP contribution in [0.3, 0.4) is 0 Å². The Balaban J connectivity index is 2.16. The van der Waals surface area contributed by atoms with Crippen molar-refractivity contribution in [3.63, 3.8) is 0 Å². The van der Waals surface area contributed by atoms with Crippen molar-refractivity contribution in [2.24, 2.45) is 0 Å². The Morgan fingerprint density at radius 3 is 2.43 bits per heavy atom. The van der Waals surface area contributed by atoms with Crippen molar-refractivity contribution < 1.29 is 27.5 Å². The number of alkyl halides is 3. The van der Waals surface area contributed by atoms with Gasteiger partial charge in [0.05, 0.1) is 11.1 Å². The standard InChI is InChI=1S/C18H23ClF3N3O3/c1-10-8-11(18(20,21)22)23-13(19)12(10)14(26)25-7-6-17(5,9-25)24-15(27)28-16(2,3)4/h8H,6-7,9H2,1-5H3,(H,24,27). The number of aryl methyl sites for hydroxylation is 1. The van der Waals surface area contributed by atoms with Crippen molar-refractivity contribution in [2.45, 2.75) is 58.4 Å². The van der Waals surface area contributed by atoms with E-state index < -0.39 is 40.2 Å². The van der Waals surface area contributed by atoms with Gasteiger partial charge in [-0.05, 0) is 52.7 Å². The number of carbonyl (C=O) groups is 2. The molecule has 156 valence electrons. The van der Waals surface area contributed by atoms with Crippen molar-refractivity contribution in [3.05, 3.63) is 28.0 Å². The summed E-state index contributed by atoms with van der Waals surface area (Å²) in [5.41, 5.74) is -2.52. The van der Waals surface area contributed by atoms with Crippen molar-refractivity contribution in [2.75, 3.05) is 13.1 Å². The van der Waals surface area contributed by atoms with Crippen molar-refractivity contribution in [1.29, 1.82) is 0 Å². The predicted molar refractivity (Wildman–Crippen MR) is 97.3 cm³/mol. The lowest BCUT2D eigenvalue weighted by Gasteiger charge is -2.28. The van der Waals surface area contributed by atoms with Gasteiger partial charge in [-0.3, -0.25) is 4.79 Å². The lowest BCUT2D eigenvalue weighted by Crippen LogP contribution is -2.50. The van der Waals surface area contributed by atoms with Crippen molar-refractivity contribution in [1.82, 2.24) is 15.2 Å². The Hall–Kier alpha value is -2.03. The van der Waals surface area contributed by atoms with Crippen LogP contribution in [0, 0.1) is 6.92 Å². The van der Waals surface area contributed by atoms with Gasteiger partial charge in [-0.15, -0.1) is 0 Å². The number of rotatable bonds is 2. The first-order valence-electron chi connectivity index (χ1n) is 8.66. The first kappa shape index (κ1) is 22.3. The maximum absolute atomic E-state index is 12.9. The second-order valence-electron chi connectivity index (χ2n) is 8.15. The molecule has 28 heavy (non-hydrogen) atoms. The number of amides is 2. The highest BCUT2D eigenvalue weighted by molar-refractivity contribution is 6.32. The van der Waals surface area contributed by atoms with Gasteiger partial charge in [-0.2, -0.15) is 13.2 Å². The van der Waals surface area contributed by atoms with E-state index in [1.165, 1.54) is 11.8 Å². The third-order valence-electron chi connectivity index (χ3n) is 4.24. The molecule has 0 bridgehead atoms. The summed E-state index contributed by atoms with van der Waals surface area (Å²) in [6, 6.07) is 0.799. The van der Waals surface area contributed by atoms with Crippen LogP contribution in [-0.2, 0) is 10.9 Å². The summed E-state index contributed by atoms with van der Waals surface area (Å²) in [5.74, 6) is -0.529. The average molecular weight is 422 g/mol. The van der Waals surface area contributed by atoms with Crippen LogP contribution in [0.1, 0.15) is 55.7 Å². The second-order valence-corrected chi connectivity index (χ2v) is 8.51. The highest BCUT2D eigenvalue weighted by Crippen LogP contribution is 2.32. The maximum Gasteiger partial charge on any atom is 0.433 e. The molecule has 0 saturated carbocycles. The first-order chi connectivity index (χ1) is 12.6. The number of nitrogens with zero attached hydrogens (tertiary/aromatic N) is 2. The summed E-state index contributed by atoms with van der Waals surface area (Å²) in [4.78, 5) is 29.6. The van der Waals surface area contributed by atoms with E-state index in [1.807, 2.05) is 0 Å². The molecule has 1 unspecified atom stereocenters.